The summed E-state index contributed by atoms with van der Waals surface area (Å²) in [4.78, 5) is 25.8. The molecule has 0 aliphatic heterocycles. The molecule has 3 heterocycles. The van der Waals surface area contributed by atoms with Crippen molar-refractivity contribution < 1.29 is 0 Å². The number of benzene rings is 1. The van der Waals surface area contributed by atoms with Crippen LogP contribution in [0.25, 0.3) is 26.3 Å². The first kappa shape index (κ1) is 12.2. The summed E-state index contributed by atoms with van der Waals surface area (Å²) in [6, 6.07) is 7.77. The van der Waals surface area contributed by atoms with E-state index in [1.807, 2.05) is 37.4 Å². The predicted molar refractivity (Wildman–Crippen MR) is 83.1 cm³/mol. The topological polar surface area (TPSA) is 60.7 Å². The number of nitrogens with zero attached hydrogens (tertiary/aromatic N) is 4. The number of fused-ring (bicyclic) bond motifs is 3. The molecule has 21 heavy (non-hydrogen) atoms. The van der Waals surface area contributed by atoms with Crippen molar-refractivity contribution >= 4 is 31.9 Å². The fraction of sp³-hybridized carbons (Fsp3) is 0.0667. The highest BCUT2D eigenvalue weighted by molar-refractivity contribution is 7.25. The quantitative estimate of drug-likeness (QED) is 0.541. The number of aromatic nitrogens is 4. The van der Waals surface area contributed by atoms with Crippen molar-refractivity contribution in [2.45, 2.75) is 6.92 Å². The maximum atomic E-state index is 12.3. The van der Waals surface area contributed by atoms with Crippen LogP contribution in [0.4, 0.5) is 0 Å². The van der Waals surface area contributed by atoms with E-state index >= 15 is 0 Å². The van der Waals surface area contributed by atoms with Crippen LogP contribution in [0.5, 0.6) is 0 Å². The van der Waals surface area contributed by atoms with E-state index in [9.17, 15) is 4.79 Å². The fourth-order valence-electron chi connectivity index (χ4n) is 2.24. The van der Waals surface area contributed by atoms with Gasteiger partial charge in [-0.2, -0.15) is 4.98 Å². The highest BCUT2D eigenvalue weighted by Gasteiger charge is 2.11. The number of aryl methyl sites for hydroxylation is 1. The zero-order valence-corrected chi connectivity index (χ0v) is 12.0. The molecule has 6 heteroatoms. The normalized spacial score (nSPS) is 11.3. The molecular formula is C15H10N4OS. The van der Waals surface area contributed by atoms with Gasteiger partial charge >= 0.3 is 5.69 Å². The molecule has 0 fully saturated rings. The molecule has 5 nitrogen and oxygen atoms in total. The lowest BCUT2D eigenvalue weighted by atomic mass is 10.2. The van der Waals surface area contributed by atoms with E-state index in [2.05, 4.69) is 15.0 Å². The zero-order chi connectivity index (χ0) is 14.4. The Balaban J connectivity index is 2.03. The minimum Gasteiger partial charge on any atom is -0.266 e. The van der Waals surface area contributed by atoms with Gasteiger partial charge in [-0.15, -0.1) is 11.3 Å². The first-order valence-electron chi connectivity index (χ1n) is 6.42. The van der Waals surface area contributed by atoms with Crippen LogP contribution in [0.1, 0.15) is 5.56 Å². The average Bonchev–Trinajstić information content (AvgIpc) is 2.85. The maximum Gasteiger partial charge on any atom is 0.352 e. The van der Waals surface area contributed by atoms with Crippen LogP contribution in [0, 0.1) is 6.92 Å². The fourth-order valence-corrected chi connectivity index (χ4v) is 3.20. The summed E-state index contributed by atoms with van der Waals surface area (Å²) in [5.41, 5.74) is 2.95. The zero-order valence-electron chi connectivity index (χ0n) is 11.1. The molecule has 4 aromatic rings. The molecule has 1 aromatic carbocycles. The lowest BCUT2D eigenvalue weighted by Crippen LogP contribution is -2.20. The third-order valence-electron chi connectivity index (χ3n) is 3.30. The van der Waals surface area contributed by atoms with Gasteiger partial charge in [0.05, 0.1) is 10.4 Å². The van der Waals surface area contributed by atoms with Crippen molar-refractivity contribution in [3.63, 3.8) is 0 Å². The first-order chi connectivity index (χ1) is 10.2. The Kier molecular flexibility index (Phi) is 2.58. The van der Waals surface area contributed by atoms with E-state index in [1.54, 1.807) is 17.0 Å². The Bertz CT molecular complexity index is 1020. The van der Waals surface area contributed by atoms with Gasteiger partial charge in [-0.05, 0) is 19.1 Å². The van der Waals surface area contributed by atoms with E-state index < -0.39 is 0 Å². The summed E-state index contributed by atoms with van der Waals surface area (Å²) in [5.74, 6) is 0. The van der Waals surface area contributed by atoms with Crippen molar-refractivity contribution in [1.82, 2.24) is 19.5 Å². The smallest absolute Gasteiger partial charge is 0.266 e. The summed E-state index contributed by atoms with van der Waals surface area (Å²) in [6.07, 6.45) is 5.06. The van der Waals surface area contributed by atoms with Crippen molar-refractivity contribution in [1.29, 1.82) is 0 Å². The van der Waals surface area contributed by atoms with Gasteiger partial charge < -0.3 is 0 Å². The molecule has 0 saturated carbocycles. The van der Waals surface area contributed by atoms with Crippen LogP contribution in [0.3, 0.4) is 0 Å². The molecule has 0 N–H and O–H groups in total. The van der Waals surface area contributed by atoms with Crippen LogP contribution in [-0.2, 0) is 0 Å². The summed E-state index contributed by atoms with van der Waals surface area (Å²) < 4.78 is 2.45. The molecule has 4 rings (SSSR count). The Morgan fingerprint density at radius 1 is 1.05 bits per heavy atom. The Labute approximate surface area is 123 Å². The van der Waals surface area contributed by atoms with Gasteiger partial charge in [-0.3, -0.25) is 4.57 Å². The predicted octanol–water partition coefficient (Wildman–Crippen LogP) is 2.70. The second-order valence-electron chi connectivity index (χ2n) is 4.75. The van der Waals surface area contributed by atoms with Gasteiger partial charge in [-0.25, -0.2) is 14.8 Å². The Morgan fingerprint density at radius 3 is 2.62 bits per heavy atom. The molecule has 102 valence electrons. The van der Waals surface area contributed by atoms with Crippen LogP contribution in [-0.4, -0.2) is 19.5 Å². The number of thiophene rings is 1. The standard InChI is InChI=1S/C15H10N4OS/c1-9-2-4-10(5-3-9)19-8-11-12(18-15(19)20)13-14(21-11)17-7-6-16-13/h2-8H,1H3. The maximum absolute atomic E-state index is 12.3. The minimum atomic E-state index is -0.309. The van der Waals surface area contributed by atoms with Gasteiger partial charge in [0.15, 0.2) is 0 Å². The summed E-state index contributed by atoms with van der Waals surface area (Å²) >= 11 is 1.49. The average molecular weight is 294 g/mol. The Hall–Kier alpha value is -2.60. The largest absolute Gasteiger partial charge is 0.352 e. The van der Waals surface area contributed by atoms with E-state index in [-0.39, 0.29) is 5.69 Å². The van der Waals surface area contributed by atoms with Crippen molar-refractivity contribution in [2.75, 3.05) is 0 Å². The monoisotopic (exact) mass is 294 g/mol. The van der Waals surface area contributed by atoms with Crippen LogP contribution >= 0.6 is 11.3 Å². The van der Waals surface area contributed by atoms with E-state index in [0.29, 0.717) is 11.0 Å². The summed E-state index contributed by atoms with van der Waals surface area (Å²) in [5, 5.41) is 0. The van der Waals surface area contributed by atoms with Gasteiger partial charge in [0.25, 0.3) is 0 Å². The molecule has 0 radical (unpaired) electrons. The number of hydrogen-bond acceptors (Lipinski definition) is 5. The summed E-state index contributed by atoms with van der Waals surface area (Å²) in [6.45, 7) is 2.01. The molecular weight excluding hydrogens is 284 g/mol. The third-order valence-corrected chi connectivity index (χ3v) is 4.31. The molecule has 0 aliphatic rings. The van der Waals surface area contributed by atoms with E-state index in [4.69, 9.17) is 0 Å². The van der Waals surface area contributed by atoms with Crippen molar-refractivity contribution in [2.24, 2.45) is 0 Å². The highest BCUT2D eigenvalue weighted by atomic mass is 32.1. The molecule has 0 bridgehead atoms. The van der Waals surface area contributed by atoms with Crippen LogP contribution < -0.4 is 5.69 Å². The molecule has 0 atom stereocenters. The number of hydrogen-bond donors (Lipinski definition) is 0. The van der Waals surface area contributed by atoms with Crippen molar-refractivity contribution in [3.05, 3.63) is 58.9 Å². The second kappa shape index (κ2) is 4.46. The van der Waals surface area contributed by atoms with Gasteiger partial charge in [0.2, 0.25) is 0 Å². The third kappa shape index (κ3) is 1.92. The van der Waals surface area contributed by atoms with Crippen molar-refractivity contribution in [3.8, 4) is 5.69 Å². The molecule has 0 saturated heterocycles. The van der Waals surface area contributed by atoms with Crippen LogP contribution in [0.15, 0.2) is 47.7 Å². The first-order valence-corrected chi connectivity index (χ1v) is 7.24. The molecule has 0 unspecified atom stereocenters. The molecule has 0 aliphatic carbocycles. The SMILES string of the molecule is Cc1ccc(-n2cc3sc4nccnc4c3nc2=O)cc1. The van der Waals surface area contributed by atoms with E-state index in [0.717, 1.165) is 20.8 Å². The Morgan fingerprint density at radius 2 is 1.81 bits per heavy atom. The molecule has 0 amide bonds. The van der Waals surface area contributed by atoms with Gasteiger partial charge in [-0.1, -0.05) is 17.7 Å². The van der Waals surface area contributed by atoms with E-state index in [1.165, 1.54) is 11.3 Å². The molecule has 3 aromatic heterocycles. The number of rotatable bonds is 1. The molecule has 0 spiro atoms. The lowest BCUT2D eigenvalue weighted by molar-refractivity contribution is 0.941. The van der Waals surface area contributed by atoms with Gasteiger partial charge in [0, 0.05) is 18.6 Å². The summed E-state index contributed by atoms with van der Waals surface area (Å²) in [7, 11) is 0. The van der Waals surface area contributed by atoms with Gasteiger partial charge in [0.1, 0.15) is 15.9 Å². The minimum absolute atomic E-state index is 0.309. The second-order valence-corrected chi connectivity index (χ2v) is 5.78. The highest BCUT2D eigenvalue weighted by Crippen LogP contribution is 2.28. The van der Waals surface area contributed by atoms with Crippen LogP contribution in [0.2, 0.25) is 0 Å². The lowest BCUT2D eigenvalue weighted by Gasteiger charge is -2.04.